The molecule has 2 aromatic rings. The van der Waals surface area contributed by atoms with Crippen LogP contribution in [0.25, 0.3) is 0 Å². The summed E-state index contributed by atoms with van der Waals surface area (Å²) in [5, 5.41) is 3.49. The van der Waals surface area contributed by atoms with Crippen LogP contribution in [0.2, 0.25) is 0 Å². The van der Waals surface area contributed by atoms with Crippen molar-refractivity contribution in [3.63, 3.8) is 0 Å². The molecule has 0 radical (unpaired) electrons. The molecule has 0 aliphatic heterocycles. The van der Waals surface area contributed by atoms with Crippen molar-refractivity contribution in [3.8, 4) is 0 Å². The number of nitrogens with zero attached hydrogens (tertiary/aromatic N) is 1. The zero-order valence-electron chi connectivity index (χ0n) is 12.1. The molecule has 0 saturated carbocycles. The van der Waals surface area contributed by atoms with E-state index in [4.69, 9.17) is 0 Å². The fraction of sp³-hybridized carbons (Fsp3) is 0.353. The highest BCUT2D eigenvalue weighted by molar-refractivity contribution is 5.45. The van der Waals surface area contributed by atoms with Crippen LogP contribution in [0.15, 0.2) is 42.7 Å². The van der Waals surface area contributed by atoms with E-state index in [1.807, 2.05) is 12.4 Å². The summed E-state index contributed by atoms with van der Waals surface area (Å²) in [7, 11) is 0. The molecule has 1 unspecified atom stereocenters. The van der Waals surface area contributed by atoms with Crippen LogP contribution >= 0.6 is 0 Å². The van der Waals surface area contributed by atoms with Gasteiger partial charge >= 0.3 is 0 Å². The summed E-state index contributed by atoms with van der Waals surface area (Å²) in [6, 6.07) is 11.2. The van der Waals surface area contributed by atoms with E-state index in [-0.39, 0.29) is 6.04 Å². The number of pyridine rings is 1. The smallest absolute Gasteiger partial charge is 0.0534 e. The van der Waals surface area contributed by atoms with Crippen molar-refractivity contribution in [1.82, 2.24) is 4.98 Å². The third-order valence-electron chi connectivity index (χ3n) is 3.36. The molecule has 1 heterocycles. The Kier molecular flexibility index (Phi) is 4.20. The lowest BCUT2D eigenvalue weighted by Crippen LogP contribution is -2.07. The Morgan fingerprint density at radius 2 is 1.58 bits per heavy atom. The highest BCUT2D eigenvalue weighted by Gasteiger charge is 2.06. The van der Waals surface area contributed by atoms with E-state index in [2.05, 4.69) is 68.3 Å². The van der Waals surface area contributed by atoms with Gasteiger partial charge in [-0.25, -0.2) is 0 Å². The lowest BCUT2D eigenvalue weighted by atomic mass is 9.99. The third-order valence-corrected chi connectivity index (χ3v) is 3.36. The first-order chi connectivity index (χ1) is 9.06. The Hall–Kier alpha value is -1.83. The Morgan fingerprint density at radius 3 is 2.16 bits per heavy atom. The summed E-state index contributed by atoms with van der Waals surface area (Å²) in [5.74, 6) is 0.582. The number of nitrogens with one attached hydrogen (secondary N) is 1. The van der Waals surface area contributed by atoms with Crippen LogP contribution < -0.4 is 5.32 Å². The molecule has 2 rings (SSSR count). The molecule has 0 saturated heterocycles. The van der Waals surface area contributed by atoms with Crippen molar-refractivity contribution in [2.75, 3.05) is 5.32 Å². The molecular formula is C17H22N2. The lowest BCUT2D eigenvalue weighted by molar-refractivity contribution is 0.851. The van der Waals surface area contributed by atoms with Crippen LogP contribution in [0.1, 0.15) is 49.4 Å². The van der Waals surface area contributed by atoms with Crippen molar-refractivity contribution >= 4 is 5.69 Å². The first kappa shape index (κ1) is 13.6. The molecule has 0 spiro atoms. The van der Waals surface area contributed by atoms with Crippen LogP contribution in [-0.4, -0.2) is 4.98 Å². The monoisotopic (exact) mass is 254 g/mol. The Morgan fingerprint density at radius 1 is 0.947 bits per heavy atom. The van der Waals surface area contributed by atoms with E-state index in [0.29, 0.717) is 5.92 Å². The van der Waals surface area contributed by atoms with Gasteiger partial charge in [0.15, 0.2) is 0 Å². The quantitative estimate of drug-likeness (QED) is 0.856. The summed E-state index contributed by atoms with van der Waals surface area (Å²) in [6.45, 7) is 8.66. The van der Waals surface area contributed by atoms with Gasteiger partial charge in [0, 0.05) is 18.4 Å². The highest BCUT2D eigenvalue weighted by atomic mass is 14.9. The molecule has 2 heteroatoms. The highest BCUT2D eigenvalue weighted by Crippen LogP contribution is 2.21. The van der Waals surface area contributed by atoms with Crippen molar-refractivity contribution < 1.29 is 0 Å². The predicted octanol–water partition coefficient (Wildman–Crippen LogP) is 4.69. The number of benzene rings is 1. The summed E-state index contributed by atoms with van der Waals surface area (Å²) in [5.41, 5.74) is 4.92. The second-order valence-corrected chi connectivity index (χ2v) is 5.44. The first-order valence-corrected chi connectivity index (χ1v) is 6.84. The number of hydrogen-bond donors (Lipinski definition) is 1. The van der Waals surface area contributed by atoms with Gasteiger partial charge < -0.3 is 5.32 Å². The third kappa shape index (κ3) is 3.57. The number of anilines is 1. The van der Waals surface area contributed by atoms with Crippen molar-refractivity contribution in [3.05, 3.63) is 59.4 Å². The van der Waals surface area contributed by atoms with Crippen molar-refractivity contribution in [1.29, 1.82) is 0 Å². The van der Waals surface area contributed by atoms with Gasteiger partial charge in [-0.3, -0.25) is 4.98 Å². The van der Waals surface area contributed by atoms with Gasteiger partial charge in [0.05, 0.1) is 5.69 Å². The molecule has 19 heavy (non-hydrogen) atoms. The van der Waals surface area contributed by atoms with Crippen molar-refractivity contribution in [2.45, 2.75) is 39.7 Å². The molecule has 1 aromatic heterocycles. The normalized spacial score (nSPS) is 12.5. The molecule has 0 aliphatic carbocycles. The first-order valence-electron chi connectivity index (χ1n) is 6.84. The zero-order valence-corrected chi connectivity index (χ0v) is 12.1. The average molecular weight is 254 g/mol. The van der Waals surface area contributed by atoms with Gasteiger partial charge in [0.2, 0.25) is 0 Å². The minimum Gasteiger partial charge on any atom is -0.377 e. The van der Waals surface area contributed by atoms with Gasteiger partial charge in [-0.2, -0.15) is 0 Å². The Bertz CT molecular complexity index is 529. The van der Waals surface area contributed by atoms with Crippen LogP contribution in [0, 0.1) is 6.92 Å². The standard InChI is InChI=1S/C17H22N2/c1-12(2)15-5-7-16(8-6-15)14(4)19-17-9-13(3)10-18-11-17/h5-12,14,19H,1-4H3. The molecule has 1 aromatic carbocycles. The van der Waals surface area contributed by atoms with E-state index in [0.717, 1.165) is 5.69 Å². The van der Waals surface area contributed by atoms with Crippen LogP contribution in [0.3, 0.4) is 0 Å². The van der Waals surface area contributed by atoms with Crippen LogP contribution in [-0.2, 0) is 0 Å². The summed E-state index contributed by atoms with van der Waals surface area (Å²) >= 11 is 0. The maximum Gasteiger partial charge on any atom is 0.0534 e. The number of hydrogen-bond acceptors (Lipinski definition) is 2. The van der Waals surface area contributed by atoms with Gasteiger partial charge in [0.25, 0.3) is 0 Å². The Balaban J connectivity index is 2.09. The topological polar surface area (TPSA) is 24.9 Å². The minimum absolute atomic E-state index is 0.282. The van der Waals surface area contributed by atoms with E-state index < -0.39 is 0 Å². The maximum atomic E-state index is 4.21. The molecule has 100 valence electrons. The fourth-order valence-corrected chi connectivity index (χ4v) is 2.14. The van der Waals surface area contributed by atoms with E-state index in [1.165, 1.54) is 16.7 Å². The number of aryl methyl sites for hydroxylation is 1. The van der Waals surface area contributed by atoms with Crippen LogP contribution in [0.4, 0.5) is 5.69 Å². The summed E-state index contributed by atoms with van der Waals surface area (Å²) in [4.78, 5) is 4.21. The molecule has 1 N–H and O–H groups in total. The molecule has 1 atom stereocenters. The molecule has 2 nitrogen and oxygen atoms in total. The average Bonchev–Trinajstić information content (AvgIpc) is 2.39. The largest absolute Gasteiger partial charge is 0.377 e. The minimum atomic E-state index is 0.282. The zero-order chi connectivity index (χ0) is 13.8. The lowest BCUT2D eigenvalue weighted by Gasteiger charge is -2.16. The molecular weight excluding hydrogens is 232 g/mol. The van der Waals surface area contributed by atoms with E-state index in [1.54, 1.807) is 0 Å². The Labute approximate surface area is 115 Å². The van der Waals surface area contributed by atoms with E-state index in [9.17, 15) is 0 Å². The predicted molar refractivity (Wildman–Crippen MR) is 81.5 cm³/mol. The van der Waals surface area contributed by atoms with E-state index >= 15 is 0 Å². The summed E-state index contributed by atoms with van der Waals surface area (Å²) < 4.78 is 0. The molecule has 0 fully saturated rings. The second kappa shape index (κ2) is 5.87. The second-order valence-electron chi connectivity index (χ2n) is 5.44. The number of aromatic nitrogens is 1. The van der Waals surface area contributed by atoms with Crippen LogP contribution in [0.5, 0.6) is 0 Å². The molecule has 0 bridgehead atoms. The van der Waals surface area contributed by atoms with Gasteiger partial charge in [-0.1, -0.05) is 38.1 Å². The SMILES string of the molecule is Cc1cncc(NC(C)c2ccc(C(C)C)cc2)c1. The van der Waals surface area contributed by atoms with Gasteiger partial charge in [-0.15, -0.1) is 0 Å². The maximum absolute atomic E-state index is 4.21. The van der Waals surface area contributed by atoms with Gasteiger partial charge in [0.1, 0.15) is 0 Å². The van der Waals surface area contributed by atoms with Crippen molar-refractivity contribution in [2.24, 2.45) is 0 Å². The summed E-state index contributed by atoms with van der Waals surface area (Å²) in [6.07, 6.45) is 3.74. The molecule has 0 amide bonds. The fourth-order valence-electron chi connectivity index (χ4n) is 2.14. The molecule has 0 aliphatic rings. The number of rotatable bonds is 4. The van der Waals surface area contributed by atoms with Gasteiger partial charge in [-0.05, 0) is 42.5 Å².